The Labute approximate surface area is 110 Å². The molecular weight excluding hydrogens is 224 g/mol. The summed E-state index contributed by atoms with van der Waals surface area (Å²) in [7, 11) is 3.74. The topological polar surface area (TPSA) is 40.0 Å². The molecule has 1 saturated heterocycles. The van der Waals surface area contributed by atoms with Gasteiger partial charge in [0.2, 0.25) is 0 Å². The van der Waals surface area contributed by atoms with E-state index in [1.165, 1.54) is 6.42 Å². The van der Waals surface area contributed by atoms with Gasteiger partial charge >= 0.3 is 0 Å². The maximum absolute atomic E-state index is 4.35. The van der Waals surface area contributed by atoms with Gasteiger partial charge in [-0.25, -0.2) is 4.99 Å². The molecule has 0 saturated carbocycles. The largest absolute Gasteiger partial charge is 0.388 e. The lowest BCUT2D eigenvalue weighted by Crippen LogP contribution is -2.35. The van der Waals surface area contributed by atoms with Crippen molar-refractivity contribution in [3.63, 3.8) is 0 Å². The van der Waals surface area contributed by atoms with Crippen LogP contribution < -0.4 is 5.32 Å². The van der Waals surface area contributed by atoms with Gasteiger partial charge in [-0.1, -0.05) is 0 Å². The number of hydrogen-bond acceptors (Lipinski definition) is 3. The van der Waals surface area contributed by atoms with Crippen molar-refractivity contribution < 1.29 is 0 Å². The molecule has 1 rings (SSSR count). The summed E-state index contributed by atoms with van der Waals surface area (Å²) in [5.41, 5.74) is 4.42. The highest BCUT2D eigenvalue weighted by Crippen LogP contribution is 2.13. The fourth-order valence-electron chi connectivity index (χ4n) is 1.79. The van der Waals surface area contributed by atoms with Crippen LogP contribution in [0.15, 0.2) is 33.0 Å². The normalized spacial score (nSPS) is 18.8. The molecule has 0 aromatic carbocycles. The summed E-state index contributed by atoms with van der Waals surface area (Å²) in [4.78, 5) is 10.8. The van der Waals surface area contributed by atoms with E-state index in [2.05, 4.69) is 34.0 Å². The Balaban J connectivity index is 2.80. The van der Waals surface area contributed by atoms with Crippen molar-refractivity contribution in [1.82, 2.24) is 10.2 Å². The Kier molecular flexibility index (Phi) is 5.62. The Morgan fingerprint density at radius 3 is 2.33 bits per heavy atom. The molecule has 0 unspecified atom stereocenters. The fourth-order valence-corrected chi connectivity index (χ4v) is 1.79. The number of likely N-dealkylation sites (tertiary alicyclic amines) is 1. The van der Waals surface area contributed by atoms with Gasteiger partial charge in [-0.3, -0.25) is 4.99 Å². The zero-order valence-electron chi connectivity index (χ0n) is 12.1. The lowest BCUT2D eigenvalue weighted by atomic mass is 10.1. The Bertz CT molecular complexity index is 398. The van der Waals surface area contributed by atoms with Gasteiger partial charge in [0.15, 0.2) is 0 Å². The van der Waals surface area contributed by atoms with Crippen LogP contribution in [-0.2, 0) is 0 Å². The monoisotopic (exact) mass is 248 g/mol. The molecule has 1 aliphatic rings. The van der Waals surface area contributed by atoms with Crippen molar-refractivity contribution in [2.75, 3.05) is 27.2 Å². The Hall–Kier alpha value is -1.58. The summed E-state index contributed by atoms with van der Waals surface area (Å²) in [6, 6.07) is 0. The standard InChI is InChI=1S/C14H24N4/c1-11(9-17-10-18-7-6-8-18)14(16-5)12(2)13(3)15-4/h9-10,16H,6-8H2,1-5H3/b11-9+,14-12?,15-13?,17-10?. The first kappa shape index (κ1) is 14.5. The van der Waals surface area contributed by atoms with Crippen molar-refractivity contribution >= 4 is 12.1 Å². The molecule has 1 aliphatic heterocycles. The second-order valence-electron chi connectivity index (χ2n) is 4.53. The molecular formula is C14H24N4. The predicted octanol–water partition coefficient (Wildman–Crippen LogP) is 2.21. The number of nitrogens with zero attached hydrogens (tertiary/aromatic N) is 3. The van der Waals surface area contributed by atoms with E-state index < -0.39 is 0 Å². The Morgan fingerprint density at radius 1 is 1.22 bits per heavy atom. The zero-order valence-corrected chi connectivity index (χ0v) is 12.1. The van der Waals surface area contributed by atoms with E-state index in [4.69, 9.17) is 0 Å². The van der Waals surface area contributed by atoms with Crippen molar-refractivity contribution in [2.24, 2.45) is 9.98 Å². The molecule has 4 nitrogen and oxygen atoms in total. The Morgan fingerprint density at radius 2 is 1.89 bits per heavy atom. The van der Waals surface area contributed by atoms with Crippen LogP contribution in [0.2, 0.25) is 0 Å². The average molecular weight is 248 g/mol. The minimum atomic E-state index is 1.04. The van der Waals surface area contributed by atoms with E-state index in [0.29, 0.717) is 0 Å². The van der Waals surface area contributed by atoms with Gasteiger partial charge in [-0.2, -0.15) is 0 Å². The average Bonchev–Trinajstić information content (AvgIpc) is 2.32. The number of allylic oxidation sites excluding steroid dienone is 2. The summed E-state index contributed by atoms with van der Waals surface area (Å²) < 4.78 is 0. The van der Waals surface area contributed by atoms with E-state index >= 15 is 0 Å². The minimum absolute atomic E-state index is 1.04. The van der Waals surface area contributed by atoms with E-state index in [0.717, 1.165) is 35.6 Å². The van der Waals surface area contributed by atoms with Crippen LogP contribution in [0, 0.1) is 0 Å². The van der Waals surface area contributed by atoms with E-state index in [-0.39, 0.29) is 0 Å². The van der Waals surface area contributed by atoms with Gasteiger partial charge in [0.05, 0.1) is 6.34 Å². The highest BCUT2D eigenvalue weighted by molar-refractivity contribution is 5.98. The second-order valence-corrected chi connectivity index (χ2v) is 4.53. The molecule has 0 aromatic rings. The molecule has 0 amide bonds. The molecule has 18 heavy (non-hydrogen) atoms. The summed E-state index contributed by atoms with van der Waals surface area (Å²) in [5, 5.41) is 3.23. The molecule has 0 spiro atoms. The number of aliphatic imine (C=N–C) groups is 2. The molecule has 0 bridgehead atoms. The molecule has 0 atom stereocenters. The number of rotatable bonds is 5. The third-order valence-electron chi connectivity index (χ3n) is 3.29. The predicted molar refractivity (Wildman–Crippen MR) is 79.2 cm³/mol. The third-order valence-corrected chi connectivity index (χ3v) is 3.29. The van der Waals surface area contributed by atoms with Crippen LogP contribution in [0.1, 0.15) is 27.2 Å². The lowest BCUT2D eigenvalue weighted by Gasteiger charge is -2.27. The van der Waals surface area contributed by atoms with Crippen LogP contribution in [0.4, 0.5) is 0 Å². The summed E-state index contributed by atoms with van der Waals surface area (Å²) in [5.74, 6) is 0. The minimum Gasteiger partial charge on any atom is -0.388 e. The number of hydrogen-bond donors (Lipinski definition) is 1. The first-order valence-corrected chi connectivity index (χ1v) is 6.37. The van der Waals surface area contributed by atoms with Crippen LogP contribution in [-0.4, -0.2) is 44.1 Å². The molecule has 1 heterocycles. The van der Waals surface area contributed by atoms with Gasteiger partial charge in [-0.15, -0.1) is 0 Å². The summed E-state index contributed by atoms with van der Waals surface area (Å²) >= 11 is 0. The van der Waals surface area contributed by atoms with Crippen molar-refractivity contribution in [3.05, 3.63) is 23.0 Å². The fraction of sp³-hybridized carbons (Fsp3) is 0.571. The van der Waals surface area contributed by atoms with Crippen LogP contribution >= 0.6 is 0 Å². The lowest BCUT2D eigenvalue weighted by molar-refractivity contribution is 0.309. The molecule has 4 heteroatoms. The van der Waals surface area contributed by atoms with Gasteiger partial charge in [0, 0.05) is 44.8 Å². The number of likely N-dealkylation sites (N-methyl/N-ethyl adjacent to an activating group) is 1. The zero-order chi connectivity index (χ0) is 13.5. The highest BCUT2D eigenvalue weighted by Gasteiger charge is 2.08. The van der Waals surface area contributed by atoms with Gasteiger partial charge in [0.25, 0.3) is 0 Å². The molecule has 1 fully saturated rings. The SMILES string of the molecule is CN=C(C)C(C)=C(NC)/C(C)=C/N=CN1CCC1. The summed E-state index contributed by atoms with van der Waals surface area (Å²) in [6.45, 7) is 8.41. The van der Waals surface area contributed by atoms with Crippen LogP contribution in [0.3, 0.4) is 0 Å². The van der Waals surface area contributed by atoms with Gasteiger partial charge in [0.1, 0.15) is 0 Å². The molecule has 0 aliphatic carbocycles. The molecule has 0 aromatic heterocycles. The molecule has 1 N–H and O–H groups in total. The maximum atomic E-state index is 4.35. The third kappa shape index (κ3) is 3.72. The van der Waals surface area contributed by atoms with Crippen molar-refractivity contribution in [2.45, 2.75) is 27.2 Å². The highest BCUT2D eigenvalue weighted by atomic mass is 15.2. The summed E-state index contributed by atoms with van der Waals surface area (Å²) in [6.07, 6.45) is 5.09. The van der Waals surface area contributed by atoms with Crippen LogP contribution in [0.25, 0.3) is 0 Å². The maximum Gasteiger partial charge on any atom is 0.0905 e. The second kappa shape index (κ2) is 6.99. The quantitative estimate of drug-likeness (QED) is 0.460. The number of nitrogens with one attached hydrogen (secondary N) is 1. The van der Waals surface area contributed by atoms with Gasteiger partial charge < -0.3 is 10.2 Å². The van der Waals surface area contributed by atoms with E-state index in [1.807, 2.05) is 33.6 Å². The smallest absolute Gasteiger partial charge is 0.0905 e. The molecule has 0 radical (unpaired) electrons. The van der Waals surface area contributed by atoms with E-state index in [1.54, 1.807) is 0 Å². The van der Waals surface area contributed by atoms with Crippen molar-refractivity contribution in [1.29, 1.82) is 0 Å². The molecule has 100 valence electrons. The first-order chi connectivity index (χ1) is 8.60. The van der Waals surface area contributed by atoms with E-state index in [9.17, 15) is 0 Å². The van der Waals surface area contributed by atoms with Gasteiger partial charge in [-0.05, 0) is 38.3 Å². The first-order valence-electron chi connectivity index (χ1n) is 6.37. The van der Waals surface area contributed by atoms with Crippen molar-refractivity contribution in [3.8, 4) is 0 Å². The van der Waals surface area contributed by atoms with Crippen LogP contribution in [0.5, 0.6) is 0 Å².